The van der Waals surface area contributed by atoms with E-state index in [-0.39, 0.29) is 12.2 Å². The van der Waals surface area contributed by atoms with Crippen molar-refractivity contribution in [1.29, 1.82) is 0 Å². The lowest BCUT2D eigenvalue weighted by molar-refractivity contribution is -0.132. The third kappa shape index (κ3) is 3.70. The van der Waals surface area contributed by atoms with Crippen LogP contribution in [0.3, 0.4) is 0 Å². The highest BCUT2D eigenvalue weighted by Crippen LogP contribution is 2.68. The predicted molar refractivity (Wildman–Crippen MR) is 125 cm³/mol. The first kappa shape index (κ1) is 23.1. The highest BCUT2D eigenvalue weighted by molar-refractivity contribution is 5.10. The fourth-order valence-corrected chi connectivity index (χ4v) is 9.28. The monoisotopic (exact) mass is 418 g/mol. The molecule has 0 bridgehead atoms. The molecule has 11 unspecified atom stereocenters. The molecule has 0 spiro atoms. The van der Waals surface area contributed by atoms with Crippen LogP contribution in [0.5, 0.6) is 0 Å². The molecule has 0 amide bonds. The van der Waals surface area contributed by atoms with E-state index in [2.05, 4.69) is 41.5 Å². The second-order valence-corrected chi connectivity index (χ2v) is 13.2. The van der Waals surface area contributed by atoms with Crippen molar-refractivity contribution in [2.45, 2.75) is 118 Å². The molecule has 0 saturated heterocycles. The van der Waals surface area contributed by atoms with Crippen LogP contribution >= 0.6 is 0 Å². The molecule has 4 aliphatic carbocycles. The van der Waals surface area contributed by atoms with Gasteiger partial charge in [0.2, 0.25) is 0 Å². The summed E-state index contributed by atoms with van der Waals surface area (Å²) >= 11 is 0. The number of hydrogen-bond donors (Lipinski definition) is 2. The maximum Gasteiger partial charge on any atom is 0.0571 e. The molecule has 4 aliphatic rings. The molecule has 0 aromatic rings. The summed E-state index contributed by atoms with van der Waals surface area (Å²) in [6.45, 7) is 14.5. The van der Waals surface area contributed by atoms with Gasteiger partial charge in [0.05, 0.1) is 12.2 Å². The second-order valence-electron chi connectivity index (χ2n) is 13.2. The van der Waals surface area contributed by atoms with Crippen LogP contribution in [0.2, 0.25) is 0 Å². The van der Waals surface area contributed by atoms with Gasteiger partial charge in [0.25, 0.3) is 0 Å². The highest BCUT2D eigenvalue weighted by atomic mass is 16.3. The van der Waals surface area contributed by atoms with Crippen LogP contribution in [-0.2, 0) is 0 Å². The van der Waals surface area contributed by atoms with E-state index in [4.69, 9.17) is 0 Å². The summed E-state index contributed by atoms with van der Waals surface area (Å²) in [5.74, 6) is 5.75. The molecule has 0 radical (unpaired) electrons. The van der Waals surface area contributed by atoms with E-state index in [0.717, 1.165) is 42.9 Å². The molecule has 2 N–H and O–H groups in total. The maximum absolute atomic E-state index is 11.1. The molecular formula is C28H50O2. The summed E-state index contributed by atoms with van der Waals surface area (Å²) in [6.07, 6.45) is 12.3. The SMILES string of the molecule is CC(C)C(C)CC(O)C(C)C1CCC2C3CCC4CC(O)CCC4(C)C3CCC12C. The number of aliphatic hydroxyl groups is 2. The molecule has 0 heterocycles. The van der Waals surface area contributed by atoms with Crippen molar-refractivity contribution < 1.29 is 10.2 Å². The molecule has 4 fully saturated rings. The molecule has 174 valence electrons. The number of aliphatic hydroxyl groups excluding tert-OH is 2. The Bertz CT molecular complexity index is 601. The van der Waals surface area contributed by atoms with Gasteiger partial charge in [-0.15, -0.1) is 0 Å². The summed E-state index contributed by atoms with van der Waals surface area (Å²) in [7, 11) is 0. The van der Waals surface area contributed by atoms with E-state index < -0.39 is 0 Å². The lowest BCUT2D eigenvalue weighted by atomic mass is 9.44. The first-order chi connectivity index (χ1) is 14.1. The summed E-state index contributed by atoms with van der Waals surface area (Å²) in [5, 5.41) is 21.4. The van der Waals surface area contributed by atoms with Crippen molar-refractivity contribution in [3.63, 3.8) is 0 Å². The molecule has 0 aliphatic heterocycles. The van der Waals surface area contributed by atoms with E-state index in [0.29, 0.717) is 34.5 Å². The third-order valence-corrected chi connectivity index (χ3v) is 11.7. The smallest absolute Gasteiger partial charge is 0.0571 e. The average Bonchev–Trinajstić information content (AvgIpc) is 3.04. The Morgan fingerprint density at radius 2 is 1.50 bits per heavy atom. The minimum Gasteiger partial charge on any atom is -0.393 e. The van der Waals surface area contributed by atoms with Gasteiger partial charge in [-0.3, -0.25) is 0 Å². The first-order valence-electron chi connectivity index (χ1n) is 13.4. The van der Waals surface area contributed by atoms with Crippen LogP contribution < -0.4 is 0 Å². The first-order valence-corrected chi connectivity index (χ1v) is 13.4. The van der Waals surface area contributed by atoms with Gasteiger partial charge in [-0.1, -0.05) is 41.5 Å². The molecule has 4 rings (SSSR count). The third-order valence-electron chi connectivity index (χ3n) is 11.7. The topological polar surface area (TPSA) is 40.5 Å². The minimum atomic E-state index is -0.145. The van der Waals surface area contributed by atoms with Gasteiger partial charge in [0.15, 0.2) is 0 Å². The normalized spacial score (nSPS) is 49.1. The van der Waals surface area contributed by atoms with Crippen LogP contribution in [-0.4, -0.2) is 22.4 Å². The average molecular weight is 419 g/mol. The Hall–Kier alpha value is -0.0800. The van der Waals surface area contributed by atoms with Crippen LogP contribution in [0.4, 0.5) is 0 Å². The number of hydrogen-bond acceptors (Lipinski definition) is 2. The van der Waals surface area contributed by atoms with Crippen LogP contribution in [0, 0.1) is 58.2 Å². The van der Waals surface area contributed by atoms with E-state index in [1.54, 1.807) is 0 Å². The Morgan fingerprint density at radius 3 is 2.20 bits per heavy atom. The Balaban J connectivity index is 1.49. The molecule has 4 saturated carbocycles. The quantitative estimate of drug-likeness (QED) is 0.522. The fraction of sp³-hybridized carbons (Fsp3) is 1.00. The highest BCUT2D eigenvalue weighted by Gasteiger charge is 2.60. The predicted octanol–water partition coefficient (Wildman–Crippen LogP) is 6.69. The summed E-state index contributed by atoms with van der Waals surface area (Å²) in [6, 6.07) is 0. The van der Waals surface area contributed by atoms with Crippen molar-refractivity contribution >= 4 is 0 Å². The van der Waals surface area contributed by atoms with Crippen molar-refractivity contribution in [2.75, 3.05) is 0 Å². The molecule has 2 heteroatoms. The van der Waals surface area contributed by atoms with Crippen molar-refractivity contribution in [2.24, 2.45) is 58.2 Å². The van der Waals surface area contributed by atoms with E-state index in [9.17, 15) is 10.2 Å². The molecule has 2 nitrogen and oxygen atoms in total. The lowest BCUT2D eigenvalue weighted by Gasteiger charge is -2.61. The lowest BCUT2D eigenvalue weighted by Crippen LogP contribution is -2.54. The summed E-state index contributed by atoms with van der Waals surface area (Å²) in [5.41, 5.74) is 0.902. The zero-order valence-electron chi connectivity index (χ0n) is 20.7. The molecule has 11 atom stereocenters. The minimum absolute atomic E-state index is 0.0417. The summed E-state index contributed by atoms with van der Waals surface area (Å²) in [4.78, 5) is 0. The van der Waals surface area contributed by atoms with E-state index in [1.165, 1.54) is 44.9 Å². The van der Waals surface area contributed by atoms with Gasteiger partial charge in [0.1, 0.15) is 0 Å². The van der Waals surface area contributed by atoms with E-state index in [1.807, 2.05) is 0 Å². The maximum atomic E-state index is 11.1. The zero-order chi connectivity index (χ0) is 21.8. The van der Waals surface area contributed by atoms with Crippen LogP contribution in [0.25, 0.3) is 0 Å². The van der Waals surface area contributed by atoms with Gasteiger partial charge in [-0.2, -0.15) is 0 Å². The summed E-state index contributed by atoms with van der Waals surface area (Å²) < 4.78 is 0. The van der Waals surface area contributed by atoms with Gasteiger partial charge < -0.3 is 10.2 Å². The molecule has 30 heavy (non-hydrogen) atoms. The fourth-order valence-electron chi connectivity index (χ4n) is 9.28. The van der Waals surface area contributed by atoms with Gasteiger partial charge >= 0.3 is 0 Å². The van der Waals surface area contributed by atoms with Crippen molar-refractivity contribution in [3.05, 3.63) is 0 Å². The second kappa shape index (κ2) is 8.36. The molecular weight excluding hydrogens is 368 g/mol. The largest absolute Gasteiger partial charge is 0.393 e. The van der Waals surface area contributed by atoms with Gasteiger partial charge in [0, 0.05) is 0 Å². The van der Waals surface area contributed by atoms with E-state index >= 15 is 0 Å². The zero-order valence-corrected chi connectivity index (χ0v) is 20.7. The van der Waals surface area contributed by atoms with Gasteiger partial charge in [-0.25, -0.2) is 0 Å². The Kier molecular flexibility index (Phi) is 6.44. The van der Waals surface area contributed by atoms with Crippen LogP contribution in [0.1, 0.15) is 106 Å². The van der Waals surface area contributed by atoms with Gasteiger partial charge in [-0.05, 0) is 122 Å². The molecule has 0 aromatic heterocycles. The number of rotatable bonds is 5. The van der Waals surface area contributed by atoms with Crippen molar-refractivity contribution in [1.82, 2.24) is 0 Å². The van der Waals surface area contributed by atoms with Crippen molar-refractivity contribution in [3.8, 4) is 0 Å². The Morgan fingerprint density at radius 1 is 0.833 bits per heavy atom. The number of fused-ring (bicyclic) bond motifs is 5. The molecule has 0 aromatic carbocycles. The Labute approximate surface area is 186 Å². The van der Waals surface area contributed by atoms with Crippen LogP contribution in [0.15, 0.2) is 0 Å². The standard InChI is InChI=1S/C28H50O2/c1-17(2)18(3)15-26(30)19(4)23-9-10-24-22-8-7-20-16-21(29)11-13-27(20,5)25(22)12-14-28(23,24)6/h17-26,29-30H,7-16H2,1-6H3.